The molecule has 1 saturated heterocycles. The van der Waals surface area contributed by atoms with Gasteiger partial charge in [0.25, 0.3) is 11.8 Å². The quantitative estimate of drug-likeness (QED) is 0.0352. The molecule has 3 amide bonds. The number of amides is 3. The molecule has 32 nitrogen and oxygen atoms in total. The summed E-state index contributed by atoms with van der Waals surface area (Å²) < 4.78 is 27.4. The van der Waals surface area contributed by atoms with Crippen LogP contribution < -0.4 is 63.2 Å². The van der Waals surface area contributed by atoms with Gasteiger partial charge in [-0.2, -0.15) is 0 Å². The van der Waals surface area contributed by atoms with Crippen molar-refractivity contribution in [1.82, 2.24) is 82.0 Å². The van der Waals surface area contributed by atoms with Gasteiger partial charge >= 0.3 is 17.1 Å². The number of likely N-dealkylation sites (N-methyl/N-ethyl adjacent to an activating group) is 3. The molecule has 0 radical (unpaired) electrons. The highest BCUT2D eigenvalue weighted by atomic mass is 16.5. The summed E-state index contributed by atoms with van der Waals surface area (Å²) in [5.74, 6) is 1.71. The Bertz CT molecular complexity index is 6920. The zero-order chi connectivity index (χ0) is 86.6. The van der Waals surface area contributed by atoms with E-state index in [1.165, 1.54) is 57.5 Å². The average Bonchev–Trinajstić information content (AvgIpc) is 1.60. The molecule has 632 valence electrons. The van der Waals surface area contributed by atoms with Crippen molar-refractivity contribution < 1.29 is 28.6 Å². The average molecular weight is 1680 g/mol. The maximum absolute atomic E-state index is 15.3. The van der Waals surface area contributed by atoms with Crippen LogP contribution in [-0.4, -0.2) is 166 Å². The molecule has 32 heteroatoms. The van der Waals surface area contributed by atoms with Crippen molar-refractivity contribution in [2.24, 2.45) is 0 Å². The maximum Gasteiger partial charge on any atom is 0.339 e. The van der Waals surface area contributed by atoms with Gasteiger partial charge < -0.3 is 46.1 Å². The highest BCUT2D eigenvalue weighted by Crippen LogP contribution is 2.35. The van der Waals surface area contributed by atoms with Crippen molar-refractivity contribution in [1.29, 1.82) is 0 Å². The lowest BCUT2D eigenvalue weighted by Crippen LogP contribution is -2.29. The fourth-order valence-electron chi connectivity index (χ4n) is 15.7. The topological polar surface area (TPSA) is 360 Å². The number of nitrogen functional groups attached to an aromatic ring is 3. The van der Waals surface area contributed by atoms with Crippen molar-refractivity contribution in [2.75, 3.05) is 85.8 Å². The number of fused-ring (bicyclic) bond motifs is 3. The van der Waals surface area contributed by atoms with Gasteiger partial charge in [-0.25, -0.2) is 68.0 Å². The molecule has 9 heterocycles. The van der Waals surface area contributed by atoms with Gasteiger partial charge in [-0.05, 0) is 216 Å². The van der Waals surface area contributed by atoms with Gasteiger partial charge in [0.15, 0.2) is 34.4 Å². The van der Waals surface area contributed by atoms with E-state index in [1.54, 1.807) is 193 Å². The first-order valence-electron chi connectivity index (χ1n) is 41.3. The lowest BCUT2D eigenvalue weighted by atomic mass is 10.1. The van der Waals surface area contributed by atoms with Crippen molar-refractivity contribution in [3.8, 4) is 68.9 Å². The third kappa shape index (κ3) is 17.2. The molecule has 3 fully saturated rings. The normalized spacial score (nSPS) is 13.7. The maximum atomic E-state index is 15.3. The molecular formula is C94H87N23O9. The number of rotatable bonds is 30. The summed E-state index contributed by atoms with van der Waals surface area (Å²) in [6, 6.07) is 59.4. The third-order valence-electron chi connectivity index (χ3n) is 22.5. The Balaban J connectivity index is 0.591. The number of ether oxygens (including phenoxy) is 3. The zero-order valence-electron chi connectivity index (χ0n) is 69.1. The molecular weight excluding hydrogens is 1600 g/mol. The molecule has 0 unspecified atom stereocenters. The summed E-state index contributed by atoms with van der Waals surface area (Å²) in [5.41, 5.74) is 25.1. The Morgan fingerprint density at radius 1 is 0.397 bits per heavy atom. The number of pyridine rings is 2. The summed E-state index contributed by atoms with van der Waals surface area (Å²) in [6.45, 7) is 3.80. The van der Waals surface area contributed by atoms with E-state index >= 15 is 4.79 Å². The monoisotopic (exact) mass is 1680 g/mol. The van der Waals surface area contributed by atoms with Gasteiger partial charge in [0.05, 0.1) is 53.4 Å². The van der Waals surface area contributed by atoms with Gasteiger partial charge in [0, 0.05) is 92.4 Å². The molecule has 0 spiro atoms. The number of para-hydroxylation sites is 1. The Hall–Kier alpha value is -15.8. The highest BCUT2D eigenvalue weighted by molar-refractivity contribution is 6.03. The second-order valence-electron chi connectivity index (χ2n) is 31.1. The lowest BCUT2D eigenvalue weighted by molar-refractivity contribution is -0.115. The first-order valence-corrected chi connectivity index (χ1v) is 41.3. The highest BCUT2D eigenvalue weighted by Gasteiger charge is 2.30. The van der Waals surface area contributed by atoms with Crippen LogP contribution in [0.3, 0.4) is 0 Å². The summed E-state index contributed by atoms with van der Waals surface area (Å²) in [7, 11) is 5.77. The van der Waals surface area contributed by atoms with Crippen LogP contribution in [0.1, 0.15) is 49.7 Å². The summed E-state index contributed by atoms with van der Waals surface area (Å²) >= 11 is 0. The second-order valence-corrected chi connectivity index (χ2v) is 31.1. The minimum absolute atomic E-state index is 0.0379. The molecule has 6 N–H and O–H groups in total. The van der Waals surface area contributed by atoms with E-state index in [4.69, 9.17) is 31.4 Å². The zero-order valence-corrected chi connectivity index (χ0v) is 69.1. The van der Waals surface area contributed by atoms with E-state index in [1.807, 2.05) is 80.9 Å². The van der Waals surface area contributed by atoms with E-state index in [0.717, 1.165) is 51.6 Å². The predicted octanol–water partition coefficient (Wildman–Crippen LogP) is 12.2. The molecule has 2 saturated carbocycles. The number of likely N-dealkylation sites (tertiary alicyclic amines) is 1. The number of carbonyl (C=O) groups is 3. The molecule has 3 aliphatic rings. The second kappa shape index (κ2) is 35.3. The minimum atomic E-state index is -0.531. The first kappa shape index (κ1) is 81.2. The molecule has 126 heavy (non-hydrogen) atoms. The van der Waals surface area contributed by atoms with Crippen LogP contribution in [0.25, 0.3) is 67.6 Å². The van der Waals surface area contributed by atoms with E-state index in [2.05, 4.69) is 54.6 Å². The van der Waals surface area contributed by atoms with E-state index in [9.17, 15) is 24.0 Å². The number of hydrogen-bond acceptors (Lipinski definition) is 23. The van der Waals surface area contributed by atoms with Crippen molar-refractivity contribution in [2.45, 2.75) is 63.7 Å². The van der Waals surface area contributed by atoms with Crippen LogP contribution in [0.15, 0.2) is 282 Å². The number of nitrogens with zero attached hydrogens (tertiary/aromatic N) is 20. The first-order chi connectivity index (χ1) is 61.4. The summed E-state index contributed by atoms with van der Waals surface area (Å²) in [4.78, 5) is 135. The van der Waals surface area contributed by atoms with Crippen LogP contribution in [-0.2, 0) is 27.5 Å². The number of hydrogen-bond donors (Lipinski definition) is 3. The minimum Gasteiger partial charge on any atom is -0.457 e. The molecule has 0 bridgehead atoms. The summed E-state index contributed by atoms with van der Waals surface area (Å²) in [5, 5.41) is 0. The smallest absolute Gasteiger partial charge is 0.339 e. The number of benzene rings is 7. The van der Waals surface area contributed by atoms with Crippen molar-refractivity contribution in [3.05, 3.63) is 311 Å². The van der Waals surface area contributed by atoms with Gasteiger partial charge in [-0.1, -0.05) is 66.8 Å². The fourth-order valence-corrected chi connectivity index (χ4v) is 15.7. The molecule has 2 aliphatic carbocycles. The van der Waals surface area contributed by atoms with E-state index in [-0.39, 0.29) is 87.6 Å². The number of nitrogens with two attached hydrogens (primary N) is 3. The number of carbonyl (C=O) groups excluding carboxylic acids is 3. The van der Waals surface area contributed by atoms with E-state index in [0.29, 0.717) is 123 Å². The molecule has 1 aliphatic heterocycles. The third-order valence-corrected chi connectivity index (χ3v) is 22.5. The lowest BCUT2D eigenvalue weighted by Gasteiger charge is -2.23. The van der Waals surface area contributed by atoms with Crippen LogP contribution in [0.2, 0.25) is 0 Å². The molecule has 0 atom stereocenters. The SMILES string of the molecule is CN(C(=O)/C=C/CN(C)C1CC1)c1cccc(-n2c(=O)n(-c3ccc(Oc4cc(CN(C(=O)/C=C/CN5CCCC5)c5cccc(-n6c(=O)n(-c7ccc(Oc8cccc(CN(C(=O)/C=C/CN(C)C9CC9)c9cccc(-n%10c(=O)n(-c%11ccc(Oc%12ccccc%12)nc%11)c%11c(N)ncnc%11%10)c9)c8)cc7)c7c(N)ncnc76)c5)ccn4)cc3)c3c(N)ncnc32)c1. The Morgan fingerprint density at radius 2 is 0.833 bits per heavy atom. The molecule has 18 rings (SSSR count). The largest absolute Gasteiger partial charge is 0.457 e. The predicted molar refractivity (Wildman–Crippen MR) is 482 cm³/mol. The van der Waals surface area contributed by atoms with E-state index < -0.39 is 17.1 Å². The van der Waals surface area contributed by atoms with Crippen molar-refractivity contribution in [3.63, 3.8) is 0 Å². The van der Waals surface area contributed by atoms with Gasteiger partial charge in [0.1, 0.15) is 58.5 Å². The van der Waals surface area contributed by atoms with Gasteiger partial charge in [-0.3, -0.25) is 42.8 Å². The Labute approximate surface area is 721 Å². The fraction of sp³-hybridized carbons (Fsp3) is 0.191. The molecule has 8 aromatic heterocycles. The van der Waals surface area contributed by atoms with Crippen LogP contribution in [0.5, 0.6) is 34.8 Å². The summed E-state index contributed by atoms with van der Waals surface area (Å²) in [6.07, 6.45) is 24.0. The Morgan fingerprint density at radius 3 is 1.34 bits per heavy atom. The molecule has 15 aromatic rings. The van der Waals surface area contributed by atoms with Gasteiger partial charge in [0.2, 0.25) is 17.7 Å². The standard InChI is InChI=1S/C94H87N23O9/c1-106(63-29-30-63)45-13-26-80(118)108(3)67-17-10-20-70(52-67)115-89-83(86(95)100-58-103-89)113(92(115)121)66-35-40-76(41-36-66)126-79-51-62(43-44-98-79)57-111(82(120)28-15-49-109-47-7-8-48-109)69-19-12-21-71(54-69)116-90-84(87(96)101-59-104-90)112(93(116)122)65-33-38-75(39-34-65)124-77-25-9-16-61(50-77)56-110(81(119)27-14-46-107(2)64-31-32-64)68-18-11-22-72(53-68)117-91-85(88(97)102-60-105-91)114(94(117)123)73-37-42-78(99-55-73)125-74-23-5-4-6-24-74/h4-6,9-28,33-44,50-55,58-60,63-64H,7-8,29-32,45-49,56-57H2,1-3H3,(H2,95,100,103)(H2,96,101,104)(H2,97,102,105)/b26-13+,27-14+,28-15+. The molecule has 7 aromatic carbocycles. The van der Waals surface area contributed by atoms with Crippen LogP contribution >= 0.6 is 0 Å². The van der Waals surface area contributed by atoms with Crippen LogP contribution in [0, 0.1) is 0 Å². The Kier molecular flexibility index (Phi) is 22.8. The number of anilines is 6. The van der Waals surface area contributed by atoms with Crippen molar-refractivity contribution >= 4 is 85.7 Å². The van der Waals surface area contributed by atoms with Crippen LogP contribution in [0.4, 0.5) is 34.5 Å². The van der Waals surface area contributed by atoms with Gasteiger partial charge in [-0.15, -0.1) is 0 Å². The number of imidazole rings is 3. The number of aromatic nitrogens is 14.